The number of benzene rings is 2. The minimum absolute atomic E-state index is 0.0504. The third kappa shape index (κ3) is 4.46. The third-order valence-corrected chi connectivity index (χ3v) is 8.70. The fraction of sp³-hybridized carbons (Fsp3) is 0.433. The van der Waals surface area contributed by atoms with Crippen molar-refractivity contribution in [2.45, 2.75) is 62.6 Å². The smallest absolute Gasteiger partial charge is 0.254 e. The average Bonchev–Trinajstić information content (AvgIpc) is 3.75. The predicted octanol–water partition coefficient (Wildman–Crippen LogP) is 0.666. The highest BCUT2D eigenvalue weighted by Crippen LogP contribution is 2.54. The van der Waals surface area contributed by atoms with Crippen LogP contribution in [0.15, 0.2) is 43.0 Å². The summed E-state index contributed by atoms with van der Waals surface area (Å²) >= 11 is 0. The van der Waals surface area contributed by atoms with Crippen molar-refractivity contribution in [3.63, 3.8) is 0 Å². The number of aliphatic hydroxyl groups is 4. The lowest BCUT2D eigenvalue weighted by Gasteiger charge is -2.41. The number of aromatic nitrogens is 2. The molecule has 226 valence electrons. The van der Waals surface area contributed by atoms with Gasteiger partial charge in [-0.3, -0.25) is 9.59 Å². The van der Waals surface area contributed by atoms with E-state index in [1.54, 1.807) is 48.6 Å². The van der Waals surface area contributed by atoms with Crippen molar-refractivity contribution < 1.29 is 49.0 Å². The summed E-state index contributed by atoms with van der Waals surface area (Å²) in [6.45, 7) is 2.19. The molecule has 0 radical (unpaired) electrons. The lowest BCUT2D eigenvalue weighted by atomic mass is 9.82. The molecule has 3 aromatic rings. The van der Waals surface area contributed by atoms with Crippen LogP contribution in [0.25, 0.3) is 0 Å². The van der Waals surface area contributed by atoms with Crippen molar-refractivity contribution in [1.29, 1.82) is 0 Å². The number of nitrogens with zero attached hydrogens (tertiary/aromatic N) is 3. The Morgan fingerprint density at radius 2 is 1.77 bits per heavy atom. The monoisotopic (exact) mass is 593 g/mol. The molecule has 1 aliphatic carbocycles. The van der Waals surface area contributed by atoms with Crippen LogP contribution in [0.4, 0.5) is 0 Å². The Balaban J connectivity index is 1.26. The van der Waals surface area contributed by atoms with Gasteiger partial charge in [0.1, 0.15) is 30.2 Å². The molecule has 43 heavy (non-hydrogen) atoms. The Labute approximate surface area is 245 Å². The van der Waals surface area contributed by atoms with E-state index in [0.717, 1.165) is 0 Å². The van der Waals surface area contributed by atoms with Crippen molar-refractivity contribution >= 4 is 11.7 Å². The fourth-order valence-corrected chi connectivity index (χ4v) is 6.49. The Kier molecular flexibility index (Phi) is 6.86. The third-order valence-electron chi connectivity index (χ3n) is 8.70. The molecule has 1 saturated heterocycles. The number of hydrogen-bond acceptors (Lipinski definition) is 11. The van der Waals surface area contributed by atoms with Crippen molar-refractivity contribution in [2.75, 3.05) is 19.9 Å². The van der Waals surface area contributed by atoms with E-state index in [1.165, 1.54) is 0 Å². The van der Waals surface area contributed by atoms with E-state index < -0.39 is 49.3 Å². The van der Waals surface area contributed by atoms with Gasteiger partial charge in [0.05, 0.1) is 24.9 Å². The molecule has 1 amide bonds. The van der Waals surface area contributed by atoms with Crippen LogP contribution in [-0.4, -0.2) is 97.2 Å². The first-order chi connectivity index (χ1) is 20.8. The molecular weight excluding hydrogens is 562 g/mol. The molecule has 0 saturated carbocycles. The molecule has 1 aromatic heterocycles. The fourth-order valence-electron chi connectivity index (χ4n) is 6.49. The molecule has 13 heteroatoms. The maximum atomic E-state index is 14.1. The molecule has 2 aromatic carbocycles. The second kappa shape index (κ2) is 10.6. The molecule has 13 nitrogen and oxygen atoms in total. The number of aliphatic hydroxyl groups excluding tert-OH is 4. The minimum Gasteiger partial charge on any atom is -0.462 e. The number of carbonyl (C=O) groups is 2. The summed E-state index contributed by atoms with van der Waals surface area (Å²) < 4.78 is 24.6. The van der Waals surface area contributed by atoms with Gasteiger partial charge in [-0.15, -0.1) is 0 Å². The lowest BCUT2D eigenvalue weighted by Crippen LogP contribution is -2.60. The van der Waals surface area contributed by atoms with Crippen LogP contribution in [0, 0.1) is 6.92 Å². The van der Waals surface area contributed by atoms with Crippen molar-refractivity contribution in [2.24, 2.45) is 0 Å². The van der Waals surface area contributed by atoms with E-state index in [-0.39, 0.29) is 24.2 Å². The highest BCUT2D eigenvalue weighted by atomic mass is 16.7. The number of ketones is 1. The standard InChI is InChI=1S/C30H31N3O10/c1-14-7-18-15(8-19(14)42-30-28(38)27(37)26(36)22(11-34)43-30)23-24(33(29(18)39)5-2-4-32-6-3-31-12-32)16-9-20-21(41-13-40-20)10-17(16)25(23)35/h3,6-10,12,22-24,26-28,30,34,36-38H,2,4-5,11,13H2,1H3/t22-,23?,24?,26+,27+,28-,30-/m1/s1. The van der Waals surface area contributed by atoms with Crippen LogP contribution in [0.1, 0.15) is 55.8 Å². The quantitative estimate of drug-likeness (QED) is 0.303. The highest BCUT2D eigenvalue weighted by molar-refractivity contribution is 6.11. The number of aryl methyl sites for hydroxylation is 2. The number of rotatable bonds is 7. The zero-order chi connectivity index (χ0) is 30.0. The Hall–Kier alpha value is -4.01. The second-order valence-electron chi connectivity index (χ2n) is 11.3. The summed E-state index contributed by atoms with van der Waals surface area (Å²) in [5.41, 5.74) is 2.50. The summed E-state index contributed by atoms with van der Waals surface area (Å²) in [6.07, 6.45) is -1.45. The maximum absolute atomic E-state index is 14.1. The molecular formula is C30H31N3O10. The van der Waals surface area contributed by atoms with Crippen molar-refractivity contribution in [3.05, 3.63) is 70.8 Å². The van der Waals surface area contributed by atoms with Gasteiger partial charge in [-0.05, 0) is 54.3 Å². The van der Waals surface area contributed by atoms with Gasteiger partial charge in [0.2, 0.25) is 13.1 Å². The summed E-state index contributed by atoms with van der Waals surface area (Å²) in [6, 6.07) is 6.11. The van der Waals surface area contributed by atoms with Gasteiger partial charge in [-0.1, -0.05) is 0 Å². The number of Topliss-reactive ketones (excluding diaryl/α,β-unsaturated/α-hetero) is 1. The van der Waals surface area contributed by atoms with Crippen molar-refractivity contribution in [3.8, 4) is 17.2 Å². The van der Waals surface area contributed by atoms with Crippen LogP contribution < -0.4 is 14.2 Å². The topological polar surface area (TPSA) is 173 Å². The average molecular weight is 594 g/mol. The number of carbonyl (C=O) groups excluding carboxylic acids is 2. The van der Waals surface area contributed by atoms with Gasteiger partial charge >= 0.3 is 0 Å². The molecule has 3 aliphatic heterocycles. The van der Waals surface area contributed by atoms with Crippen LogP contribution >= 0.6 is 0 Å². The molecule has 7 atom stereocenters. The highest BCUT2D eigenvalue weighted by Gasteiger charge is 2.51. The SMILES string of the molecule is Cc1cc2c(cc1O[C@@H]1O[C@H](CO)[C@H](O)[C@H](O)[C@H]1O)C1C(=O)c3cc4c(cc3C1N(CCCn1ccnc1)C2=O)OCO4. The van der Waals surface area contributed by atoms with Gasteiger partial charge in [-0.25, -0.2) is 4.98 Å². The first-order valence-corrected chi connectivity index (χ1v) is 14.1. The van der Waals surface area contributed by atoms with Crippen LogP contribution in [-0.2, 0) is 11.3 Å². The van der Waals surface area contributed by atoms with E-state index in [0.29, 0.717) is 58.8 Å². The molecule has 0 spiro atoms. The number of imidazole rings is 1. The van der Waals surface area contributed by atoms with Crippen LogP contribution in [0.3, 0.4) is 0 Å². The first-order valence-electron chi connectivity index (χ1n) is 14.1. The molecule has 2 unspecified atom stereocenters. The van der Waals surface area contributed by atoms with Crippen molar-refractivity contribution in [1.82, 2.24) is 14.5 Å². The Morgan fingerprint density at radius 3 is 2.51 bits per heavy atom. The van der Waals surface area contributed by atoms with Crippen LogP contribution in [0.5, 0.6) is 17.2 Å². The van der Waals surface area contributed by atoms with Crippen LogP contribution in [0.2, 0.25) is 0 Å². The molecule has 1 fully saturated rings. The van der Waals surface area contributed by atoms with E-state index >= 15 is 0 Å². The molecule has 4 N–H and O–H groups in total. The Morgan fingerprint density at radius 1 is 0.977 bits per heavy atom. The second-order valence-corrected chi connectivity index (χ2v) is 11.3. The van der Waals surface area contributed by atoms with Gasteiger partial charge in [0.25, 0.3) is 5.91 Å². The van der Waals surface area contributed by atoms with E-state index in [4.69, 9.17) is 18.9 Å². The largest absolute Gasteiger partial charge is 0.462 e. The number of fused-ring (bicyclic) bond motifs is 6. The zero-order valence-electron chi connectivity index (χ0n) is 23.2. The van der Waals surface area contributed by atoms with Gasteiger partial charge in [-0.2, -0.15) is 0 Å². The van der Waals surface area contributed by atoms with Gasteiger partial charge in [0, 0.05) is 36.6 Å². The molecule has 7 rings (SSSR count). The first kappa shape index (κ1) is 27.8. The summed E-state index contributed by atoms with van der Waals surface area (Å²) in [4.78, 5) is 34.0. The predicted molar refractivity (Wildman–Crippen MR) is 146 cm³/mol. The Bertz CT molecular complexity index is 1570. The van der Waals surface area contributed by atoms with E-state index in [9.17, 15) is 30.0 Å². The lowest BCUT2D eigenvalue weighted by molar-refractivity contribution is -0.277. The van der Waals surface area contributed by atoms with Gasteiger partial charge < -0.3 is 48.8 Å². The molecule has 4 aliphatic rings. The molecule has 0 bridgehead atoms. The number of hydrogen-bond donors (Lipinski definition) is 4. The van der Waals surface area contributed by atoms with E-state index in [1.807, 2.05) is 10.8 Å². The summed E-state index contributed by atoms with van der Waals surface area (Å²) in [5.74, 6) is 0.0631. The van der Waals surface area contributed by atoms with E-state index in [2.05, 4.69) is 4.98 Å². The normalized spacial score (nSPS) is 29.0. The van der Waals surface area contributed by atoms with Gasteiger partial charge in [0.15, 0.2) is 17.3 Å². The summed E-state index contributed by atoms with van der Waals surface area (Å²) in [7, 11) is 0. The zero-order valence-corrected chi connectivity index (χ0v) is 23.2. The number of amides is 1. The maximum Gasteiger partial charge on any atom is 0.254 e. The number of ether oxygens (including phenoxy) is 4. The minimum atomic E-state index is -1.62. The summed E-state index contributed by atoms with van der Waals surface area (Å²) in [5, 5.41) is 40.5. The molecule has 4 heterocycles.